The first kappa shape index (κ1) is 23.7. The highest BCUT2D eigenvalue weighted by atomic mass is 28.4. The number of fused-ring (bicyclic) bond motifs is 1. The maximum absolute atomic E-state index is 15.1. The Morgan fingerprint density at radius 2 is 1.96 bits per heavy atom. The predicted octanol–water partition coefficient (Wildman–Crippen LogP) is 5.30. The van der Waals surface area contributed by atoms with Crippen LogP contribution in [0.3, 0.4) is 0 Å². The molecule has 28 heavy (non-hydrogen) atoms. The number of aliphatic hydroxyl groups is 1. The zero-order chi connectivity index (χ0) is 21.3. The smallest absolute Gasteiger partial charge is 0.306 e. The van der Waals surface area contributed by atoms with E-state index in [9.17, 15) is 9.90 Å². The summed E-state index contributed by atoms with van der Waals surface area (Å²) < 4.78 is 41.6. The molecule has 2 aliphatic rings. The summed E-state index contributed by atoms with van der Waals surface area (Å²) in [5.74, 6) is -3.37. The van der Waals surface area contributed by atoms with Crippen LogP contribution in [0.2, 0.25) is 18.1 Å². The Morgan fingerprint density at radius 1 is 1.32 bits per heavy atom. The topological polar surface area (TPSA) is 55.8 Å². The van der Waals surface area contributed by atoms with Gasteiger partial charge < -0.3 is 14.3 Å². The second-order valence-corrected chi connectivity index (χ2v) is 14.9. The summed E-state index contributed by atoms with van der Waals surface area (Å²) >= 11 is 0. The summed E-state index contributed by atoms with van der Waals surface area (Å²) in [5.41, 5.74) is 0. The van der Waals surface area contributed by atoms with Crippen LogP contribution < -0.4 is 0 Å². The first-order valence-electron chi connectivity index (χ1n) is 10.7. The van der Waals surface area contributed by atoms with E-state index in [0.717, 1.165) is 0 Å². The molecule has 0 aromatic heterocycles. The third kappa shape index (κ3) is 5.33. The van der Waals surface area contributed by atoms with Gasteiger partial charge in [0, 0.05) is 18.8 Å². The van der Waals surface area contributed by atoms with Crippen molar-refractivity contribution in [1.82, 2.24) is 0 Å². The molecule has 164 valence electrons. The van der Waals surface area contributed by atoms with Gasteiger partial charge in [0.15, 0.2) is 8.32 Å². The number of halogens is 2. The van der Waals surface area contributed by atoms with Crippen molar-refractivity contribution in [2.75, 3.05) is 0 Å². The van der Waals surface area contributed by atoms with Crippen molar-refractivity contribution in [3.8, 4) is 0 Å². The third-order valence-electron chi connectivity index (χ3n) is 7.02. The molecule has 5 atom stereocenters. The van der Waals surface area contributed by atoms with Gasteiger partial charge in [0.25, 0.3) is 5.92 Å². The molecule has 1 saturated heterocycles. The van der Waals surface area contributed by atoms with Gasteiger partial charge in [-0.05, 0) is 43.3 Å². The van der Waals surface area contributed by atoms with Crippen LogP contribution in [-0.2, 0) is 14.0 Å². The lowest BCUT2D eigenvalue weighted by molar-refractivity contribution is -0.141. The Morgan fingerprint density at radius 3 is 2.54 bits per heavy atom. The average Bonchev–Trinajstić information content (AvgIpc) is 3.03. The molecule has 0 amide bonds. The Kier molecular flexibility index (Phi) is 7.36. The molecule has 2 unspecified atom stereocenters. The minimum absolute atomic E-state index is 0.0553. The van der Waals surface area contributed by atoms with Gasteiger partial charge in [-0.1, -0.05) is 34.1 Å². The van der Waals surface area contributed by atoms with Crippen LogP contribution >= 0.6 is 0 Å². The Balaban J connectivity index is 2.12. The fraction of sp³-hybridized carbons (Fsp3) is 0.952. The van der Waals surface area contributed by atoms with Crippen LogP contribution in [0.15, 0.2) is 0 Å². The summed E-state index contributed by atoms with van der Waals surface area (Å²) in [7, 11) is -2.37. The van der Waals surface area contributed by atoms with Crippen LogP contribution in [0.4, 0.5) is 8.78 Å². The van der Waals surface area contributed by atoms with Crippen molar-refractivity contribution in [1.29, 1.82) is 0 Å². The highest BCUT2D eigenvalue weighted by molar-refractivity contribution is 6.74. The minimum atomic E-state index is -2.89. The lowest BCUT2D eigenvalue weighted by Gasteiger charge is -2.41. The van der Waals surface area contributed by atoms with Crippen LogP contribution in [-0.4, -0.2) is 43.6 Å². The SMILES string of the molecule is CCCCC(F)(F)C(CCC1[C@H](O)C[C@@H]2OC(=O)C[C@H]12)O[Si](C)(C)C(C)(C)C. The molecule has 0 bridgehead atoms. The van der Waals surface area contributed by atoms with Crippen molar-refractivity contribution in [2.45, 2.75) is 115 Å². The number of carbonyl (C=O) groups excluding carboxylic acids is 1. The first-order valence-corrected chi connectivity index (χ1v) is 13.6. The van der Waals surface area contributed by atoms with Gasteiger partial charge in [0.05, 0.1) is 12.5 Å². The van der Waals surface area contributed by atoms with E-state index in [0.29, 0.717) is 25.7 Å². The summed E-state index contributed by atoms with van der Waals surface area (Å²) in [6, 6.07) is 0. The summed E-state index contributed by atoms with van der Waals surface area (Å²) in [4.78, 5) is 11.6. The number of rotatable bonds is 9. The molecule has 7 heteroatoms. The number of esters is 1. The lowest BCUT2D eigenvalue weighted by atomic mass is 9.86. The zero-order valence-electron chi connectivity index (χ0n) is 18.3. The number of alkyl halides is 2. The van der Waals surface area contributed by atoms with E-state index in [1.165, 1.54) is 0 Å². The number of hydrogen-bond acceptors (Lipinski definition) is 4. The van der Waals surface area contributed by atoms with Crippen LogP contribution in [0, 0.1) is 11.8 Å². The lowest BCUT2D eigenvalue weighted by Crippen LogP contribution is -2.49. The van der Waals surface area contributed by atoms with E-state index in [1.807, 2.05) is 40.8 Å². The molecule has 0 aromatic carbocycles. The predicted molar refractivity (Wildman–Crippen MR) is 108 cm³/mol. The number of carbonyl (C=O) groups is 1. The molecule has 2 rings (SSSR count). The summed E-state index contributed by atoms with van der Waals surface area (Å²) in [6.07, 6.45) is 0.327. The second-order valence-electron chi connectivity index (χ2n) is 10.2. The van der Waals surface area contributed by atoms with Crippen LogP contribution in [0.5, 0.6) is 0 Å². The molecule has 0 aromatic rings. The standard InChI is InChI=1S/C21H38F2O4Si/c1-7-8-11-21(22,23)18(27-28(5,6)20(2,3)4)10-9-14-15-12-19(25)26-17(15)13-16(14)24/h14-18,24H,7-13H2,1-6H3/t14?,15-,16-,17+,18?/m1/s1. The van der Waals surface area contributed by atoms with E-state index < -0.39 is 26.4 Å². The minimum Gasteiger partial charge on any atom is -0.462 e. The van der Waals surface area contributed by atoms with Gasteiger partial charge in [-0.25, -0.2) is 8.78 Å². The largest absolute Gasteiger partial charge is 0.462 e. The number of ether oxygens (including phenoxy) is 1. The Bertz CT molecular complexity index is 547. The van der Waals surface area contributed by atoms with Gasteiger partial charge in [0.2, 0.25) is 0 Å². The monoisotopic (exact) mass is 420 g/mol. The number of hydrogen-bond donors (Lipinski definition) is 1. The molecule has 1 saturated carbocycles. The highest BCUT2D eigenvalue weighted by Gasteiger charge is 2.51. The van der Waals surface area contributed by atoms with Crippen LogP contribution in [0.1, 0.15) is 72.6 Å². The maximum Gasteiger partial charge on any atom is 0.306 e. The molecule has 1 heterocycles. The van der Waals surface area contributed by atoms with Crippen molar-refractivity contribution >= 4 is 14.3 Å². The third-order valence-corrected chi connectivity index (χ3v) is 11.5. The second kappa shape index (κ2) is 8.68. The van der Waals surface area contributed by atoms with Crippen molar-refractivity contribution < 1.29 is 27.8 Å². The first-order chi connectivity index (χ1) is 12.8. The van der Waals surface area contributed by atoms with Crippen molar-refractivity contribution in [3.63, 3.8) is 0 Å². The summed E-state index contributed by atoms with van der Waals surface area (Å²) in [6.45, 7) is 12.1. The fourth-order valence-corrected chi connectivity index (χ4v) is 5.54. The average molecular weight is 421 g/mol. The number of unbranched alkanes of at least 4 members (excludes halogenated alkanes) is 1. The molecule has 1 aliphatic heterocycles. The van der Waals surface area contributed by atoms with Crippen LogP contribution in [0.25, 0.3) is 0 Å². The van der Waals surface area contributed by atoms with E-state index in [1.54, 1.807) is 0 Å². The van der Waals surface area contributed by atoms with Gasteiger partial charge >= 0.3 is 5.97 Å². The molecular formula is C21H38F2O4Si. The molecule has 4 nitrogen and oxygen atoms in total. The normalized spacial score (nSPS) is 29.7. The van der Waals surface area contributed by atoms with Gasteiger partial charge in [-0.3, -0.25) is 4.79 Å². The molecule has 2 fully saturated rings. The Hall–Kier alpha value is -0.533. The fourth-order valence-electron chi connectivity index (χ4n) is 4.19. The molecule has 0 radical (unpaired) electrons. The highest BCUT2D eigenvalue weighted by Crippen LogP contribution is 2.46. The molecule has 1 aliphatic carbocycles. The van der Waals surface area contributed by atoms with Gasteiger partial charge in [-0.2, -0.15) is 0 Å². The molecule has 0 spiro atoms. The number of aliphatic hydroxyl groups excluding tert-OH is 1. The molecular weight excluding hydrogens is 382 g/mol. The van der Waals surface area contributed by atoms with Crippen molar-refractivity contribution in [3.05, 3.63) is 0 Å². The quantitative estimate of drug-likeness (QED) is 0.406. The van der Waals surface area contributed by atoms with E-state index in [4.69, 9.17) is 9.16 Å². The van der Waals surface area contributed by atoms with E-state index in [-0.39, 0.29) is 48.2 Å². The maximum atomic E-state index is 15.1. The van der Waals surface area contributed by atoms with Gasteiger partial charge in [0.1, 0.15) is 12.2 Å². The van der Waals surface area contributed by atoms with E-state index in [2.05, 4.69) is 0 Å². The van der Waals surface area contributed by atoms with E-state index >= 15 is 8.78 Å². The molecule has 1 N–H and O–H groups in total. The van der Waals surface area contributed by atoms with Gasteiger partial charge in [-0.15, -0.1) is 0 Å². The van der Waals surface area contributed by atoms with Crippen molar-refractivity contribution in [2.24, 2.45) is 11.8 Å². The zero-order valence-corrected chi connectivity index (χ0v) is 19.3. The summed E-state index contributed by atoms with van der Waals surface area (Å²) in [5, 5.41) is 10.2. The Labute approximate surface area is 169 Å².